The van der Waals surface area contributed by atoms with E-state index < -0.39 is 6.10 Å². The van der Waals surface area contributed by atoms with Gasteiger partial charge in [0, 0.05) is 19.3 Å². The Hall–Kier alpha value is -3.93. The minimum absolute atomic E-state index is 0.0963. The highest BCUT2D eigenvalue weighted by atomic mass is 16.6. The Balaban J connectivity index is 4.48. The van der Waals surface area contributed by atoms with Crippen LogP contribution in [0.2, 0.25) is 0 Å². The minimum atomic E-state index is -0.806. The molecular weight excluding hydrogens is 949 g/mol. The van der Waals surface area contributed by atoms with Gasteiger partial charge in [-0.2, -0.15) is 0 Å². The molecule has 0 radical (unpaired) electrons. The Labute approximate surface area is 476 Å². The molecule has 0 aromatic heterocycles. The molecule has 1 unspecified atom stereocenters. The molecule has 6 nitrogen and oxygen atoms in total. The van der Waals surface area contributed by atoms with E-state index in [9.17, 15) is 14.4 Å². The summed E-state index contributed by atoms with van der Waals surface area (Å²) in [7, 11) is 0. The van der Waals surface area contributed by atoms with Gasteiger partial charge in [-0.05, 0) is 103 Å². The molecule has 77 heavy (non-hydrogen) atoms. The van der Waals surface area contributed by atoms with Crippen LogP contribution in [0.1, 0.15) is 303 Å². The van der Waals surface area contributed by atoms with Crippen molar-refractivity contribution in [2.45, 2.75) is 309 Å². The summed E-state index contributed by atoms with van der Waals surface area (Å²) >= 11 is 0. The predicted octanol–water partition coefficient (Wildman–Crippen LogP) is 22.2. The average Bonchev–Trinajstić information content (AvgIpc) is 3.43. The molecule has 0 spiro atoms. The summed E-state index contributed by atoms with van der Waals surface area (Å²) in [6.07, 6.45) is 88.1. The number of hydrogen-bond donors (Lipinski definition) is 0. The fraction of sp³-hybridized carbons (Fsp3) is 0.704. The summed E-state index contributed by atoms with van der Waals surface area (Å²) < 4.78 is 16.9. The van der Waals surface area contributed by atoms with Gasteiger partial charge in [0.2, 0.25) is 0 Å². The van der Waals surface area contributed by atoms with E-state index in [1.807, 2.05) is 0 Å². The number of ether oxygens (including phenoxy) is 3. The monoisotopic (exact) mass is 1070 g/mol. The van der Waals surface area contributed by atoms with Gasteiger partial charge < -0.3 is 14.2 Å². The number of unbranched alkanes of at least 4 members (excludes halogenated alkanes) is 29. The van der Waals surface area contributed by atoms with Crippen LogP contribution in [0.3, 0.4) is 0 Å². The third kappa shape index (κ3) is 62.8. The van der Waals surface area contributed by atoms with Crippen LogP contribution in [0.25, 0.3) is 0 Å². The first-order valence-electron chi connectivity index (χ1n) is 32.4. The molecule has 440 valence electrons. The number of rotatable bonds is 58. The molecule has 0 aromatic carbocycles. The first-order valence-corrected chi connectivity index (χ1v) is 32.4. The highest BCUT2D eigenvalue weighted by molar-refractivity contribution is 5.71. The quantitative estimate of drug-likeness (QED) is 0.0261. The van der Waals surface area contributed by atoms with Gasteiger partial charge in [0.25, 0.3) is 0 Å². The van der Waals surface area contributed by atoms with Crippen molar-refractivity contribution in [3.05, 3.63) is 109 Å². The molecule has 0 bridgehead atoms. The van der Waals surface area contributed by atoms with E-state index >= 15 is 0 Å². The van der Waals surface area contributed by atoms with Crippen molar-refractivity contribution in [2.75, 3.05) is 13.2 Å². The molecule has 0 fully saturated rings. The Kier molecular flexibility index (Phi) is 61.3. The van der Waals surface area contributed by atoms with Crippen molar-refractivity contribution in [1.29, 1.82) is 0 Å². The smallest absolute Gasteiger partial charge is 0.306 e. The molecule has 0 aliphatic heterocycles. The van der Waals surface area contributed by atoms with E-state index in [4.69, 9.17) is 14.2 Å². The van der Waals surface area contributed by atoms with Crippen molar-refractivity contribution >= 4 is 17.9 Å². The van der Waals surface area contributed by atoms with E-state index in [2.05, 4.69) is 130 Å². The summed E-state index contributed by atoms with van der Waals surface area (Å²) in [4.78, 5) is 38.3. The molecule has 0 aliphatic rings. The van der Waals surface area contributed by atoms with Crippen LogP contribution in [-0.2, 0) is 28.6 Å². The van der Waals surface area contributed by atoms with Gasteiger partial charge >= 0.3 is 17.9 Å². The lowest BCUT2D eigenvalue weighted by Crippen LogP contribution is -2.30. The third-order valence-electron chi connectivity index (χ3n) is 13.8. The van der Waals surface area contributed by atoms with Gasteiger partial charge in [0.05, 0.1) is 0 Å². The first kappa shape index (κ1) is 73.1. The van der Waals surface area contributed by atoms with Crippen LogP contribution in [0.15, 0.2) is 109 Å². The Morgan fingerprint density at radius 1 is 0.273 bits per heavy atom. The largest absolute Gasteiger partial charge is 0.462 e. The van der Waals surface area contributed by atoms with Crippen molar-refractivity contribution in [2.24, 2.45) is 0 Å². The van der Waals surface area contributed by atoms with Crippen molar-refractivity contribution in [3.63, 3.8) is 0 Å². The molecule has 6 heteroatoms. The molecule has 0 heterocycles. The molecular formula is C71H120O6. The van der Waals surface area contributed by atoms with Crippen LogP contribution in [-0.4, -0.2) is 37.2 Å². The van der Waals surface area contributed by atoms with Crippen LogP contribution < -0.4 is 0 Å². The lowest BCUT2D eigenvalue weighted by atomic mass is 10.0. The van der Waals surface area contributed by atoms with Crippen molar-refractivity contribution < 1.29 is 28.6 Å². The fourth-order valence-corrected chi connectivity index (χ4v) is 8.93. The van der Waals surface area contributed by atoms with Crippen molar-refractivity contribution in [1.82, 2.24) is 0 Å². The maximum absolute atomic E-state index is 12.9. The van der Waals surface area contributed by atoms with E-state index in [1.54, 1.807) is 0 Å². The number of carbonyl (C=O) groups is 3. The summed E-state index contributed by atoms with van der Waals surface area (Å²) in [6.45, 7) is 6.48. The summed E-state index contributed by atoms with van der Waals surface area (Å²) in [6, 6.07) is 0. The molecule has 0 rings (SSSR count). The second-order valence-corrected chi connectivity index (χ2v) is 21.3. The highest BCUT2D eigenvalue weighted by Crippen LogP contribution is 2.16. The van der Waals surface area contributed by atoms with Gasteiger partial charge in [0.15, 0.2) is 6.10 Å². The Morgan fingerprint density at radius 2 is 0.519 bits per heavy atom. The Morgan fingerprint density at radius 3 is 0.870 bits per heavy atom. The minimum Gasteiger partial charge on any atom is -0.462 e. The molecule has 0 saturated carbocycles. The number of hydrogen-bond acceptors (Lipinski definition) is 6. The van der Waals surface area contributed by atoms with Gasteiger partial charge in [-0.15, -0.1) is 0 Å². The number of esters is 3. The van der Waals surface area contributed by atoms with E-state index in [1.165, 1.54) is 161 Å². The molecule has 0 N–H and O–H groups in total. The fourth-order valence-electron chi connectivity index (χ4n) is 8.93. The molecule has 0 aromatic rings. The molecule has 1 atom stereocenters. The van der Waals surface area contributed by atoms with Gasteiger partial charge in [-0.25, -0.2) is 0 Å². The average molecular weight is 1070 g/mol. The van der Waals surface area contributed by atoms with Gasteiger partial charge in [-0.1, -0.05) is 291 Å². The predicted molar refractivity (Wildman–Crippen MR) is 334 cm³/mol. The summed E-state index contributed by atoms with van der Waals surface area (Å²) in [5, 5.41) is 0. The highest BCUT2D eigenvalue weighted by Gasteiger charge is 2.19. The lowest BCUT2D eigenvalue weighted by Gasteiger charge is -2.18. The van der Waals surface area contributed by atoms with E-state index in [0.29, 0.717) is 19.3 Å². The summed E-state index contributed by atoms with van der Waals surface area (Å²) in [5.74, 6) is -0.952. The van der Waals surface area contributed by atoms with Gasteiger partial charge in [0.1, 0.15) is 13.2 Å². The second-order valence-electron chi connectivity index (χ2n) is 21.3. The third-order valence-corrected chi connectivity index (χ3v) is 13.8. The zero-order chi connectivity index (χ0) is 55.7. The maximum atomic E-state index is 12.9. The SMILES string of the molecule is CC/C=C\C/C=C\C/C=C\C/C=C\C/C=C\C/C=C\C/C=C\CCCC(=O)OCC(COC(=O)CCCCCCCCCCCCCCCCCCC)OC(=O)CCCCCCCCCCC/C=C\C/C=C\CCCCC. The number of carbonyl (C=O) groups excluding carboxylic acids is 3. The van der Waals surface area contributed by atoms with Crippen molar-refractivity contribution in [3.8, 4) is 0 Å². The number of allylic oxidation sites excluding steroid dienone is 18. The van der Waals surface area contributed by atoms with Gasteiger partial charge in [-0.3, -0.25) is 14.4 Å². The topological polar surface area (TPSA) is 78.9 Å². The van der Waals surface area contributed by atoms with Crippen LogP contribution in [0.4, 0.5) is 0 Å². The van der Waals surface area contributed by atoms with Crippen LogP contribution in [0.5, 0.6) is 0 Å². The molecule has 0 amide bonds. The zero-order valence-electron chi connectivity index (χ0n) is 50.4. The maximum Gasteiger partial charge on any atom is 0.306 e. The van der Waals surface area contributed by atoms with E-state index in [0.717, 1.165) is 96.3 Å². The second kappa shape index (κ2) is 64.6. The first-order chi connectivity index (χ1) is 38.0. The lowest BCUT2D eigenvalue weighted by molar-refractivity contribution is -0.167. The molecule has 0 saturated heterocycles. The Bertz CT molecular complexity index is 1560. The summed E-state index contributed by atoms with van der Waals surface area (Å²) in [5.41, 5.74) is 0. The molecule has 0 aliphatic carbocycles. The van der Waals surface area contributed by atoms with E-state index in [-0.39, 0.29) is 37.5 Å². The standard InChI is InChI=1S/C71H120O6/c1-4-7-10-13-16-19-22-25-28-31-33-34-35-36-38-40-43-46-49-52-55-58-61-64-70(73)76-67-68(66-75-69(72)63-60-57-54-51-48-45-42-39-30-27-24-21-18-15-12-9-6-3)77-71(74)65-62-59-56-53-50-47-44-41-37-32-29-26-23-20-17-14-11-8-5-2/h7,10,16-17,19-20,25-26,28-29,33-34,36,38,43,46,52,55,68H,4-6,8-9,11-15,18,21-24,27,30-32,35,37,39-42,44-45,47-51,53-54,56-67H2,1-3H3/b10-7-,19-16-,20-17-,28-25-,29-26-,34-33-,38-36-,46-43-,55-52-. The normalized spacial score (nSPS) is 12.8. The van der Waals surface area contributed by atoms with Crippen LogP contribution >= 0.6 is 0 Å². The van der Waals surface area contributed by atoms with Crippen LogP contribution in [0, 0.1) is 0 Å². The zero-order valence-corrected chi connectivity index (χ0v) is 50.4.